The van der Waals surface area contributed by atoms with Crippen LogP contribution < -0.4 is 0 Å². The zero-order chi connectivity index (χ0) is 7.84. The molecule has 0 aliphatic rings. The van der Waals surface area contributed by atoms with E-state index >= 15 is 0 Å². The Kier molecular flexibility index (Phi) is 1.38. The summed E-state index contributed by atoms with van der Waals surface area (Å²) < 4.78 is 2.54. The quantitative estimate of drug-likeness (QED) is 0.660. The van der Waals surface area contributed by atoms with Gasteiger partial charge in [0.25, 0.3) is 0 Å². The van der Waals surface area contributed by atoms with Crippen LogP contribution in [0.4, 0.5) is 0 Å². The van der Waals surface area contributed by atoms with Gasteiger partial charge in [0.05, 0.1) is 4.47 Å². The first-order chi connectivity index (χ1) is 5.27. The molecule has 4 nitrogen and oxygen atoms in total. The van der Waals surface area contributed by atoms with Crippen molar-refractivity contribution in [1.82, 2.24) is 19.8 Å². The van der Waals surface area contributed by atoms with Crippen LogP contribution in [0.3, 0.4) is 0 Å². The van der Waals surface area contributed by atoms with Gasteiger partial charge in [0, 0.05) is 12.4 Å². The van der Waals surface area contributed by atoms with Crippen LogP contribution in [0.25, 0.3) is 5.65 Å². The predicted molar refractivity (Wildman–Crippen MR) is 43.2 cm³/mol. The molecule has 11 heavy (non-hydrogen) atoms. The van der Waals surface area contributed by atoms with E-state index < -0.39 is 0 Å². The predicted octanol–water partition coefficient (Wildman–Crippen LogP) is 1.20. The molecule has 0 amide bonds. The van der Waals surface area contributed by atoms with Crippen molar-refractivity contribution in [2.24, 2.45) is 0 Å². The lowest BCUT2D eigenvalue weighted by atomic mass is 10.5. The molecule has 0 N–H and O–H groups in total. The number of nitrogens with zero attached hydrogens (tertiary/aromatic N) is 4. The summed E-state index contributed by atoms with van der Waals surface area (Å²) in [6.45, 7) is 1.88. The maximum Gasteiger partial charge on any atom is 0.178 e. The van der Waals surface area contributed by atoms with E-state index in [0.717, 1.165) is 15.8 Å². The lowest BCUT2D eigenvalue weighted by molar-refractivity contribution is 0.839. The van der Waals surface area contributed by atoms with Crippen LogP contribution in [-0.2, 0) is 0 Å². The van der Waals surface area contributed by atoms with Gasteiger partial charge in [0.15, 0.2) is 5.65 Å². The maximum atomic E-state index is 4.13. The van der Waals surface area contributed by atoms with E-state index in [1.165, 1.54) is 0 Å². The summed E-state index contributed by atoms with van der Waals surface area (Å²) in [5.74, 6) is 0. The van der Waals surface area contributed by atoms with Crippen LogP contribution in [0.1, 0.15) is 5.69 Å². The normalized spacial score (nSPS) is 10.7. The van der Waals surface area contributed by atoms with Gasteiger partial charge in [0.2, 0.25) is 0 Å². The summed E-state index contributed by atoms with van der Waals surface area (Å²) in [6.07, 6.45) is 3.55. The summed E-state index contributed by atoms with van der Waals surface area (Å²) >= 11 is 3.29. The molecule has 0 atom stereocenters. The summed E-state index contributed by atoms with van der Waals surface area (Å²) in [6, 6.07) is 0. The molecule has 2 aromatic rings. The molecule has 56 valence electrons. The fourth-order valence-corrected chi connectivity index (χ4v) is 1.18. The summed E-state index contributed by atoms with van der Waals surface area (Å²) in [7, 11) is 0. The molecule has 0 bridgehead atoms. The van der Waals surface area contributed by atoms with Crippen LogP contribution in [0, 0.1) is 6.92 Å². The minimum absolute atomic E-state index is 0.799. The Labute approximate surface area is 71.4 Å². The highest BCUT2D eigenvalue weighted by atomic mass is 79.9. The fraction of sp³-hybridized carbons (Fsp3) is 0.167. The molecule has 0 aliphatic carbocycles. The number of hydrogen-bond acceptors (Lipinski definition) is 3. The molecule has 2 aromatic heterocycles. The molecule has 0 aromatic carbocycles. The van der Waals surface area contributed by atoms with Gasteiger partial charge in [0.1, 0.15) is 5.69 Å². The van der Waals surface area contributed by atoms with Gasteiger partial charge in [-0.3, -0.25) is 0 Å². The number of rotatable bonds is 0. The molecular formula is C6H5BrN4. The average Bonchev–Trinajstić information content (AvgIpc) is 2.32. The standard InChI is InChI=1S/C6H5BrN4/c1-4-6-8-2-5(7)3-11(6)10-9-4/h2-3H,1H3. The second-order valence-electron chi connectivity index (χ2n) is 2.22. The summed E-state index contributed by atoms with van der Waals surface area (Å²) in [5, 5.41) is 7.72. The van der Waals surface area contributed by atoms with E-state index in [2.05, 4.69) is 31.2 Å². The Morgan fingerprint density at radius 1 is 1.55 bits per heavy atom. The second-order valence-corrected chi connectivity index (χ2v) is 3.13. The number of hydrogen-bond donors (Lipinski definition) is 0. The number of aromatic nitrogens is 4. The van der Waals surface area contributed by atoms with Crippen LogP contribution in [0.5, 0.6) is 0 Å². The third-order valence-corrected chi connectivity index (χ3v) is 1.80. The highest BCUT2D eigenvalue weighted by Gasteiger charge is 2.00. The van der Waals surface area contributed by atoms with Gasteiger partial charge in [-0.25, -0.2) is 9.50 Å². The van der Waals surface area contributed by atoms with E-state index in [-0.39, 0.29) is 0 Å². The number of aryl methyl sites for hydroxylation is 1. The molecule has 5 heteroatoms. The van der Waals surface area contributed by atoms with Gasteiger partial charge in [-0.2, -0.15) is 0 Å². The Morgan fingerprint density at radius 3 is 3.18 bits per heavy atom. The number of fused-ring (bicyclic) bond motifs is 1. The SMILES string of the molecule is Cc1nnn2cc(Br)cnc12. The Bertz CT molecular complexity index is 394. The molecule has 0 saturated heterocycles. The maximum absolute atomic E-state index is 4.13. The van der Waals surface area contributed by atoms with E-state index in [9.17, 15) is 0 Å². The molecule has 0 aliphatic heterocycles. The van der Waals surface area contributed by atoms with Crippen LogP contribution in [-0.4, -0.2) is 19.8 Å². The molecular weight excluding hydrogens is 208 g/mol. The topological polar surface area (TPSA) is 43.1 Å². The van der Waals surface area contributed by atoms with Gasteiger partial charge in [-0.1, -0.05) is 5.21 Å². The molecule has 0 spiro atoms. The van der Waals surface area contributed by atoms with Crippen molar-refractivity contribution in [3.05, 3.63) is 22.6 Å². The summed E-state index contributed by atoms with van der Waals surface area (Å²) in [5.41, 5.74) is 1.64. The van der Waals surface area contributed by atoms with Crippen molar-refractivity contribution in [3.63, 3.8) is 0 Å². The lowest BCUT2D eigenvalue weighted by Gasteiger charge is -1.90. The second kappa shape index (κ2) is 2.27. The van der Waals surface area contributed by atoms with Crippen LogP contribution in [0.15, 0.2) is 16.9 Å². The molecule has 0 radical (unpaired) electrons. The Morgan fingerprint density at radius 2 is 2.36 bits per heavy atom. The largest absolute Gasteiger partial charge is 0.234 e. The zero-order valence-corrected chi connectivity index (χ0v) is 7.41. The van der Waals surface area contributed by atoms with E-state index in [0.29, 0.717) is 0 Å². The molecule has 0 unspecified atom stereocenters. The monoisotopic (exact) mass is 212 g/mol. The van der Waals surface area contributed by atoms with Crippen LogP contribution >= 0.6 is 15.9 Å². The van der Waals surface area contributed by atoms with Gasteiger partial charge < -0.3 is 0 Å². The minimum Gasteiger partial charge on any atom is -0.234 e. The molecule has 0 saturated carbocycles. The smallest absolute Gasteiger partial charge is 0.178 e. The van der Waals surface area contributed by atoms with Crippen molar-refractivity contribution < 1.29 is 0 Å². The Hall–Kier alpha value is -0.970. The molecule has 2 heterocycles. The van der Waals surface area contributed by atoms with Crippen molar-refractivity contribution in [1.29, 1.82) is 0 Å². The van der Waals surface area contributed by atoms with Crippen molar-refractivity contribution in [2.75, 3.05) is 0 Å². The lowest BCUT2D eigenvalue weighted by Crippen LogP contribution is -1.88. The van der Waals surface area contributed by atoms with Gasteiger partial charge >= 0.3 is 0 Å². The van der Waals surface area contributed by atoms with E-state index in [4.69, 9.17) is 0 Å². The highest BCUT2D eigenvalue weighted by Crippen LogP contribution is 2.09. The first-order valence-electron chi connectivity index (χ1n) is 3.10. The fourth-order valence-electron chi connectivity index (χ4n) is 0.881. The highest BCUT2D eigenvalue weighted by molar-refractivity contribution is 9.10. The first-order valence-corrected chi connectivity index (χ1v) is 3.90. The van der Waals surface area contributed by atoms with Crippen molar-refractivity contribution in [3.8, 4) is 0 Å². The number of halogens is 1. The van der Waals surface area contributed by atoms with E-state index in [1.54, 1.807) is 10.7 Å². The molecule has 2 rings (SSSR count). The Balaban J connectivity index is 2.86. The summed E-state index contributed by atoms with van der Waals surface area (Å²) in [4.78, 5) is 4.13. The van der Waals surface area contributed by atoms with Gasteiger partial charge in [-0.05, 0) is 22.9 Å². The minimum atomic E-state index is 0.799. The third kappa shape index (κ3) is 1.01. The van der Waals surface area contributed by atoms with Crippen LogP contribution in [0.2, 0.25) is 0 Å². The van der Waals surface area contributed by atoms with E-state index in [1.807, 2.05) is 13.1 Å². The first kappa shape index (κ1) is 6.72. The van der Waals surface area contributed by atoms with Gasteiger partial charge in [-0.15, -0.1) is 5.10 Å². The molecule has 0 fully saturated rings. The van der Waals surface area contributed by atoms with Crippen molar-refractivity contribution >= 4 is 21.6 Å². The van der Waals surface area contributed by atoms with Crippen molar-refractivity contribution in [2.45, 2.75) is 6.92 Å². The third-order valence-electron chi connectivity index (χ3n) is 1.39. The zero-order valence-electron chi connectivity index (χ0n) is 5.82. The average molecular weight is 213 g/mol.